The third-order valence-electron chi connectivity index (χ3n) is 6.69. The standard InChI is InChI=1S/C29H24N2O/c32-27-18-23(19-8-2-1-3-9-19)17-26-28(27)29(31-25-13-7-6-12-24(25)30-26)22-15-14-20-10-4-5-11-21(20)16-22/h1-16,23,29-31H,17-18H2/t23-,29+/m1/s1. The van der Waals surface area contributed by atoms with Crippen molar-refractivity contribution in [3.8, 4) is 0 Å². The number of hydrogen-bond acceptors (Lipinski definition) is 3. The van der Waals surface area contributed by atoms with Crippen molar-refractivity contribution in [1.29, 1.82) is 0 Å². The lowest BCUT2D eigenvalue weighted by atomic mass is 9.78. The zero-order valence-corrected chi connectivity index (χ0v) is 17.7. The van der Waals surface area contributed by atoms with Crippen LogP contribution in [0.2, 0.25) is 0 Å². The van der Waals surface area contributed by atoms with Crippen molar-refractivity contribution >= 4 is 27.9 Å². The molecule has 2 aliphatic rings. The molecular formula is C29H24N2O. The maximum Gasteiger partial charge on any atom is 0.163 e. The number of anilines is 2. The van der Waals surface area contributed by atoms with Crippen molar-refractivity contribution < 1.29 is 4.79 Å². The smallest absolute Gasteiger partial charge is 0.163 e. The SMILES string of the molecule is O=C1C[C@H](c2ccccc2)CC2=C1[C@H](c1ccc3ccccc3c1)Nc1ccccc1N2. The molecule has 4 aromatic rings. The number of fused-ring (bicyclic) bond motifs is 2. The fraction of sp³-hybridized carbons (Fsp3) is 0.138. The van der Waals surface area contributed by atoms with Gasteiger partial charge in [0, 0.05) is 17.7 Å². The third-order valence-corrected chi connectivity index (χ3v) is 6.69. The molecule has 0 spiro atoms. The lowest BCUT2D eigenvalue weighted by Crippen LogP contribution is -2.26. The number of para-hydroxylation sites is 2. The molecule has 156 valence electrons. The number of carbonyl (C=O) groups is 1. The van der Waals surface area contributed by atoms with Gasteiger partial charge in [0.25, 0.3) is 0 Å². The van der Waals surface area contributed by atoms with Gasteiger partial charge in [0.1, 0.15) is 0 Å². The number of nitrogens with one attached hydrogen (secondary N) is 2. The van der Waals surface area contributed by atoms with E-state index in [9.17, 15) is 4.79 Å². The Bertz CT molecular complexity index is 1360. The molecule has 3 nitrogen and oxygen atoms in total. The summed E-state index contributed by atoms with van der Waals surface area (Å²) < 4.78 is 0. The molecule has 1 aliphatic carbocycles. The normalized spacial score (nSPS) is 20.1. The average molecular weight is 417 g/mol. The summed E-state index contributed by atoms with van der Waals surface area (Å²) in [6.45, 7) is 0. The molecule has 4 aromatic carbocycles. The fourth-order valence-electron chi connectivity index (χ4n) is 5.09. The van der Waals surface area contributed by atoms with E-state index in [-0.39, 0.29) is 17.7 Å². The number of Topliss-reactive ketones (excluding diaryl/α,β-unsaturated/α-hetero) is 1. The van der Waals surface area contributed by atoms with Crippen molar-refractivity contribution in [3.63, 3.8) is 0 Å². The lowest BCUT2D eigenvalue weighted by molar-refractivity contribution is -0.116. The van der Waals surface area contributed by atoms with Crippen molar-refractivity contribution in [2.75, 3.05) is 10.6 Å². The fourth-order valence-corrected chi connectivity index (χ4v) is 5.09. The molecule has 6 rings (SSSR count). The van der Waals surface area contributed by atoms with Crippen LogP contribution in [0.25, 0.3) is 10.8 Å². The van der Waals surface area contributed by atoms with Gasteiger partial charge >= 0.3 is 0 Å². The van der Waals surface area contributed by atoms with Gasteiger partial charge in [-0.25, -0.2) is 0 Å². The second-order valence-electron chi connectivity index (χ2n) is 8.69. The highest BCUT2D eigenvalue weighted by Crippen LogP contribution is 2.44. The maximum absolute atomic E-state index is 13.6. The summed E-state index contributed by atoms with van der Waals surface area (Å²) in [5, 5.41) is 9.70. The van der Waals surface area contributed by atoms with Crippen molar-refractivity contribution in [3.05, 3.63) is 119 Å². The molecule has 1 aliphatic heterocycles. The second-order valence-corrected chi connectivity index (χ2v) is 8.69. The van der Waals surface area contributed by atoms with Gasteiger partial charge in [0.2, 0.25) is 0 Å². The highest BCUT2D eigenvalue weighted by atomic mass is 16.1. The first-order chi connectivity index (χ1) is 15.8. The summed E-state index contributed by atoms with van der Waals surface area (Å²) in [6, 6.07) is 33.3. The largest absolute Gasteiger partial charge is 0.372 e. The minimum atomic E-state index is -0.185. The van der Waals surface area contributed by atoms with E-state index >= 15 is 0 Å². The van der Waals surface area contributed by atoms with E-state index in [1.54, 1.807) is 0 Å². The number of hydrogen-bond donors (Lipinski definition) is 2. The summed E-state index contributed by atoms with van der Waals surface area (Å²) in [5.41, 5.74) is 6.27. The Kier molecular flexibility index (Phi) is 4.53. The molecule has 0 bridgehead atoms. The van der Waals surface area contributed by atoms with Gasteiger partial charge in [-0.2, -0.15) is 0 Å². The van der Waals surface area contributed by atoms with Gasteiger partial charge in [0.05, 0.1) is 17.4 Å². The molecule has 3 heteroatoms. The Morgan fingerprint density at radius 1 is 0.656 bits per heavy atom. The Labute approximate surface area is 187 Å². The third kappa shape index (κ3) is 3.27. The Morgan fingerprint density at radius 2 is 1.38 bits per heavy atom. The Balaban J connectivity index is 1.49. The first kappa shape index (κ1) is 18.9. The molecule has 0 saturated carbocycles. The predicted octanol–water partition coefficient (Wildman–Crippen LogP) is 6.82. The zero-order valence-electron chi connectivity index (χ0n) is 17.7. The van der Waals surface area contributed by atoms with E-state index in [0.29, 0.717) is 6.42 Å². The number of allylic oxidation sites excluding steroid dienone is 1. The molecule has 2 N–H and O–H groups in total. The Hall–Kier alpha value is -3.85. The van der Waals surface area contributed by atoms with Crippen LogP contribution in [0.15, 0.2) is 108 Å². The molecule has 2 atom stereocenters. The average Bonchev–Trinajstić information content (AvgIpc) is 3.01. The number of ketones is 1. The van der Waals surface area contributed by atoms with Crippen LogP contribution in [0.5, 0.6) is 0 Å². The van der Waals surface area contributed by atoms with Crippen molar-refractivity contribution in [1.82, 2.24) is 0 Å². The minimum Gasteiger partial charge on any atom is -0.372 e. The topological polar surface area (TPSA) is 41.1 Å². The van der Waals surface area contributed by atoms with Crippen LogP contribution in [0, 0.1) is 0 Å². The molecule has 0 unspecified atom stereocenters. The summed E-state index contributed by atoms with van der Waals surface area (Å²) in [7, 11) is 0. The van der Waals surface area contributed by atoms with Gasteiger partial charge < -0.3 is 10.6 Å². The quantitative estimate of drug-likeness (QED) is 0.377. The summed E-state index contributed by atoms with van der Waals surface area (Å²) in [5.74, 6) is 0.406. The van der Waals surface area contributed by atoms with Crippen molar-refractivity contribution in [2.24, 2.45) is 0 Å². The van der Waals surface area contributed by atoms with Crippen LogP contribution in [-0.2, 0) is 4.79 Å². The molecule has 0 aromatic heterocycles. The number of benzene rings is 4. The highest BCUT2D eigenvalue weighted by molar-refractivity contribution is 6.01. The van der Waals surface area contributed by atoms with Crippen LogP contribution in [0.3, 0.4) is 0 Å². The van der Waals surface area contributed by atoms with Crippen LogP contribution in [0.1, 0.15) is 35.9 Å². The van der Waals surface area contributed by atoms with Gasteiger partial charge in [0.15, 0.2) is 5.78 Å². The van der Waals surface area contributed by atoms with E-state index < -0.39 is 0 Å². The number of carbonyl (C=O) groups excluding carboxylic acids is 1. The summed E-state index contributed by atoms with van der Waals surface area (Å²) in [4.78, 5) is 13.6. The molecule has 0 radical (unpaired) electrons. The highest BCUT2D eigenvalue weighted by Gasteiger charge is 2.36. The van der Waals surface area contributed by atoms with E-state index in [0.717, 1.165) is 34.6 Å². The molecule has 0 amide bonds. The first-order valence-corrected chi connectivity index (χ1v) is 11.2. The van der Waals surface area contributed by atoms with E-state index in [1.807, 2.05) is 18.2 Å². The van der Waals surface area contributed by atoms with Gasteiger partial charge in [-0.1, -0.05) is 78.9 Å². The summed E-state index contributed by atoms with van der Waals surface area (Å²) in [6.07, 6.45) is 1.36. The molecule has 0 fully saturated rings. The molecule has 0 saturated heterocycles. The molecule has 32 heavy (non-hydrogen) atoms. The number of rotatable bonds is 2. The predicted molar refractivity (Wildman–Crippen MR) is 131 cm³/mol. The van der Waals surface area contributed by atoms with E-state index in [4.69, 9.17) is 0 Å². The van der Waals surface area contributed by atoms with Crippen LogP contribution in [0.4, 0.5) is 11.4 Å². The van der Waals surface area contributed by atoms with Gasteiger partial charge in [-0.3, -0.25) is 4.79 Å². The molecule has 1 heterocycles. The molecular weight excluding hydrogens is 392 g/mol. The van der Waals surface area contributed by atoms with Crippen LogP contribution in [-0.4, -0.2) is 5.78 Å². The second kappa shape index (κ2) is 7.69. The van der Waals surface area contributed by atoms with Crippen LogP contribution >= 0.6 is 0 Å². The maximum atomic E-state index is 13.6. The van der Waals surface area contributed by atoms with Crippen molar-refractivity contribution in [2.45, 2.75) is 24.8 Å². The zero-order chi connectivity index (χ0) is 21.5. The first-order valence-electron chi connectivity index (χ1n) is 11.2. The van der Waals surface area contributed by atoms with E-state index in [2.05, 4.69) is 89.5 Å². The summed E-state index contributed by atoms with van der Waals surface area (Å²) >= 11 is 0. The van der Waals surface area contributed by atoms with Crippen LogP contribution < -0.4 is 10.6 Å². The minimum absolute atomic E-state index is 0.185. The monoisotopic (exact) mass is 416 g/mol. The lowest BCUT2D eigenvalue weighted by Gasteiger charge is -2.30. The van der Waals surface area contributed by atoms with Gasteiger partial charge in [-0.15, -0.1) is 0 Å². The van der Waals surface area contributed by atoms with E-state index in [1.165, 1.54) is 16.3 Å². The Morgan fingerprint density at radius 3 is 2.22 bits per heavy atom. The van der Waals surface area contributed by atoms with Gasteiger partial charge in [-0.05, 0) is 52.4 Å².